The Labute approximate surface area is 115 Å². The fraction of sp³-hybridized carbons (Fsp3) is 0.857. The summed E-state index contributed by atoms with van der Waals surface area (Å²) in [7, 11) is 1.68. The fourth-order valence-corrected chi connectivity index (χ4v) is 2.30. The van der Waals surface area contributed by atoms with E-state index in [1.165, 1.54) is 0 Å². The van der Waals surface area contributed by atoms with Gasteiger partial charge in [-0.05, 0) is 18.3 Å². The molecule has 0 radical (unpaired) electrons. The minimum Gasteiger partial charge on any atom is -0.385 e. The molecule has 0 aromatic carbocycles. The monoisotopic (exact) mass is 270 g/mol. The summed E-state index contributed by atoms with van der Waals surface area (Å²) in [6, 6.07) is -0.367. The zero-order valence-corrected chi connectivity index (χ0v) is 12.5. The second-order valence-electron chi connectivity index (χ2n) is 5.95. The molecule has 1 aliphatic rings. The molecule has 1 heterocycles. The molecular weight excluding hydrogens is 244 g/mol. The summed E-state index contributed by atoms with van der Waals surface area (Å²) in [6.07, 6.45) is 1.92. The lowest BCUT2D eigenvalue weighted by atomic mass is 9.88. The quantitative estimate of drug-likeness (QED) is 0.788. The van der Waals surface area contributed by atoms with Crippen molar-refractivity contribution >= 4 is 11.8 Å². The van der Waals surface area contributed by atoms with Crippen molar-refractivity contribution in [2.24, 2.45) is 5.41 Å². The third kappa shape index (κ3) is 4.82. The van der Waals surface area contributed by atoms with Crippen LogP contribution in [0.25, 0.3) is 0 Å². The number of nitrogens with zero attached hydrogens (tertiary/aromatic N) is 1. The average Bonchev–Trinajstić information content (AvgIpc) is 2.49. The van der Waals surface area contributed by atoms with Crippen LogP contribution in [0, 0.1) is 5.41 Å². The highest BCUT2D eigenvalue weighted by Gasteiger charge is 2.32. The Balaban J connectivity index is 2.69. The zero-order valence-electron chi connectivity index (χ0n) is 12.5. The number of ether oxygens (including phenoxy) is 1. The van der Waals surface area contributed by atoms with Crippen LogP contribution in [-0.4, -0.2) is 49.6 Å². The smallest absolute Gasteiger partial charge is 0.245 e. The van der Waals surface area contributed by atoms with E-state index in [1.807, 2.05) is 11.8 Å². The Morgan fingerprint density at radius 1 is 1.42 bits per heavy atom. The van der Waals surface area contributed by atoms with E-state index in [0.717, 1.165) is 6.42 Å². The summed E-state index contributed by atoms with van der Waals surface area (Å²) in [4.78, 5) is 25.7. The molecule has 0 aromatic rings. The molecule has 0 aromatic heterocycles. The van der Waals surface area contributed by atoms with Crippen molar-refractivity contribution in [1.82, 2.24) is 10.2 Å². The van der Waals surface area contributed by atoms with E-state index in [2.05, 4.69) is 19.2 Å². The third-order valence-corrected chi connectivity index (χ3v) is 3.56. The molecule has 0 bridgehead atoms. The highest BCUT2D eigenvalue weighted by molar-refractivity contribution is 5.89. The number of carbonyl (C=O) groups is 2. The van der Waals surface area contributed by atoms with Crippen LogP contribution in [0.3, 0.4) is 0 Å². The first-order valence-electron chi connectivity index (χ1n) is 6.96. The Kier molecular flexibility index (Phi) is 5.79. The van der Waals surface area contributed by atoms with Crippen LogP contribution in [0.1, 0.15) is 40.0 Å². The van der Waals surface area contributed by atoms with E-state index in [4.69, 9.17) is 4.74 Å². The summed E-state index contributed by atoms with van der Waals surface area (Å²) < 4.78 is 5.11. The van der Waals surface area contributed by atoms with Gasteiger partial charge in [-0.15, -0.1) is 0 Å². The van der Waals surface area contributed by atoms with Gasteiger partial charge in [-0.25, -0.2) is 0 Å². The Hall–Kier alpha value is -1.10. The molecule has 1 atom stereocenters. The van der Waals surface area contributed by atoms with Crippen molar-refractivity contribution < 1.29 is 14.3 Å². The molecule has 5 nitrogen and oxygen atoms in total. The lowest BCUT2D eigenvalue weighted by molar-refractivity contribution is -0.135. The Morgan fingerprint density at radius 3 is 2.68 bits per heavy atom. The summed E-state index contributed by atoms with van der Waals surface area (Å²) >= 11 is 0. The van der Waals surface area contributed by atoms with E-state index in [0.29, 0.717) is 32.5 Å². The van der Waals surface area contributed by atoms with Gasteiger partial charge in [0, 0.05) is 33.2 Å². The summed E-state index contributed by atoms with van der Waals surface area (Å²) in [5, 5.41) is 2.78. The summed E-state index contributed by atoms with van der Waals surface area (Å²) in [5.74, 6) is 0.0104. The maximum Gasteiger partial charge on any atom is 0.245 e. The molecule has 0 aliphatic carbocycles. The first kappa shape index (κ1) is 16.0. The van der Waals surface area contributed by atoms with Crippen molar-refractivity contribution in [3.63, 3.8) is 0 Å². The van der Waals surface area contributed by atoms with Crippen molar-refractivity contribution in [3.8, 4) is 0 Å². The van der Waals surface area contributed by atoms with Gasteiger partial charge in [0.2, 0.25) is 11.8 Å². The molecule has 19 heavy (non-hydrogen) atoms. The van der Waals surface area contributed by atoms with Crippen molar-refractivity contribution in [1.29, 1.82) is 0 Å². The van der Waals surface area contributed by atoms with Gasteiger partial charge in [0.05, 0.1) is 0 Å². The number of methoxy groups -OCH3 is 1. The van der Waals surface area contributed by atoms with Gasteiger partial charge < -0.3 is 15.0 Å². The average molecular weight is 270 g/mol. The molecule has 5 heteroatoms. The Bertz CT molecular complexity index is 329. The minimum atomic E-state index is -0.367. The number of carbonyl (C=O) groups excluding carboxylic acids is 2. The fourth-order valence-electron chi connectivity index (χ4n) is 2.30. The number of nitrogens with one attached hydrogen (secondary N) is 1. The molecule has 1 saturated heterocycles. The topological polar surface area (TPSA) is 58.6 Å². The highest BCUT2D eigenvalue weighted by Crippen LogP contribution is 2.23. The van der Waals surface area contributed by atoms with Crippen molar-refractivity contribution in [3.05, 3.63) is 0 Å². The van der Waals surface area contributed by atoms with Gasteiger partial charge in [-0.1, -0.05) is 20.8 Å². The molecule has 2 amide bonds. The lowest BCUT2D eigenvalue weighted by Crippen LogP contribution is -2.47. The number of rotatable bonds is 6. The second-order valence-corrected chi connectivity index (χ2v) is 5.95. The summed E-state index contributed by atoms with van der Waals surface area (Å²) in [5.41, 5.74) is -0.00263. The van der Waals surface area contributed by atoms with Crippen LogP contribution in [0.15, 0.2) is 0 Å². The zero-order chi connectivity index (χ0) is 14.5. The lowest BCUT2D eigenvalue weighted by Gasteiger charge is -2.33. The predicted octanol–water partition coefficient (Wildman–Crippen LogP) is 1.18. The van der Waals surface area contributed by atoms with Gasteiger partial charge in [0.1, 0.15) is 6.04 Å². The van der Waals surface area contributed by atoms with E-state index in [-0.39, 0.29) is 23.3 Å². The highest BCUT2D eigenvalue weighted by atomic mass is 16.5. The molecule has 1 unspecified atom stereocenters. The molecule has 110 valence electrons. The number of amides is 2. The van der Waals surface area contributed by atoms with Gasteiger partial charge in [0.15, 0.2) is 0 Å². The van der Waals surface area contributed by atoms with Crippen molar-refractivity contribution in [2.75, 3.05) is 26.8 Å². The molecule has 1 aliphatic heterocycles. The van der Waals surface area contributed by atoms with E-state index in [9.17, 15) is 9.59 Å². The molecule has 0 saturated carbocycles. The maximum atomic E-state index is 12.4. The normalized spacial score (nSPS) is 21.3. The third-order valence-electron chi connectivity index (χ3n) is 3.56. The van der Waals surface area contributed by atoms with Crippen LogP contribution in [0.4, 0.5) is 0 Å². The molecule has 1 N–H and O–H groups in total. The van der Waals surface area contributed by atoms with Gasteiger partial charge in [-0.2, -0.15) is 0 Å². The number of hydrogen-bond acceptors (Lipinski definition) is 3. The largest absolute Gasteiger partial charge is 0.385 e. The molecule has 1 rings (SSSR count). The first-order valence-corrected chi connectivity index (χ1v) is 6.96. The van der Waals surface area contributed by atoms with E-state index >= 15 is 0 Å². The van der Waals surface area contributed by atoms with Crippen LogP contribution in [-0.2, 0) is 14.3 Å². The molecule has 0 spiro atoms. The van der Waals surface area contributed by atoms with Crippen molar-refractivity contribution in [2.45, 2.75) is 46.1 Å². The molecule has 1 fully saturated rings. The SMILES string of the molecule is CCC1NC(=O)CCN(CC(C)(C)CCOC)C1=O. The van der Waals surface area contributed by atoms with E-state index in [1.54, 1.807) is 7.11 Å². The van der Waals surface area contributed by atoms with Crippen LogP contribution in [0.5, 0.6) is 0 Å². The van der Waals surface area contributed by atoms with Gasteiger partial charge in [0.25, 0.3) is 0 Å². The molecular formula is C14H26N2O3. The van der Waals surface area contributed by atoms with Gasteiger partial charge >= 0.3 is 0 Å². The first-order chi connectivity index (χ1) is 8.89. The standard InChI is InChI=1S/C14H26N2O3/c1-5-11-13(18)16(8-6-12(17)15-11)10-14(2,3)7-9-19-4/h11H,5-10H2,1-4H3,(H,15,17). The van der Waals surface area contributed by atoms with Crippen LogP contribution < -0.4 is 5.32 Å². The summed E-state index contributed by atoms with van der Waals surface area (Å²) in [6.45, 7) is 8.03. The van der Waals surface area contributed by atoms with Crippen LogP contribution >= 0.6 is 0 Å². The second kappa shape index (κ2) is 6.89. The maximum absolute atomic E-state index is 12.4. The predicted molar refractivity (Wildman–Crippen MR) is 73.7 cm³/mol. The number of hydrogen-bond donors (Lipinski definition) is 1. The van der Waals surface area contributed by atoms with E-state index < -0.39 is 0 Å². The Morgan fingerprint density at radius 2 is 2.11 bits per heavy atom. The minimum absolute atomic E-state index is 0.00263. The van der Waals surface area contributed by atoms with Crippen LogP contribution in [0.2, 0.25) is 0 Å². The van der Waals surface area contributed by atoms with Gasteiger partial charge in [-0.3, -0.25) is 9.59 Å².